The zero-order valence-corrected chi connectivity index (χ0v) is 9.47. The highest BCUT2D eigenvalue weighted by Gasteiger charge is 2.14. The first-order chi connectivity index (χ1) is 8.20. The van der Waals surface area contributed by atoms with Gasteiger partial charge < -0.3 is 0 Å². The van der Waals surface area contributed by atoms with E-state index in [0.29, 0.717) is 11.5 Å². The maximum Gasteiger partial charge on any atom is 0.365 e. The van der Waals surface area contributed by atoms with Crippen LogP contribution in [0.25, 0.3) is 0 Å². The lowest BCUT2D eigenvalue weighted by molar-refractivity contribution is 0.251. The number of nitrogens with zero attached hydrogens (tertiary/aromatic N) is 3. The number of hydrogen-bond donors (Lipinski definition) is 1. The molecular weight excluding hydrogens is 216 g/mol. The molecule has 0 aromatic heterocycles. The van der Waals surface area contributed by atoms with E-state index in [2.05, 4.69) is 27.1 Å². The van der Waals surface area contributed by atoms with Crippen molar-refractivity contribution < 1.29 is 4.79 Å². The molecule has 0 atom stereocenters. The number of rotatable bonds is 2. The summed E-state index contributed by atoms with van der Waals surface area (Å²) >= 11 is 0. The van der Waals surface area contributed by atoms with E-state index in [-0.39, 0.29) is 0 Å². The Hall–Kier alpha value is -2.30. The van der Waals surface area contributed by atoms with Crippen molar-refractivity contribution in [2.24, 2.45) is 15.2 Å². The summed E-state index contributed by atoms with van der Waals surface area (Å²) in [7, 11) is 0. The van der Waals surface area contributed by atoms with Crippen molar-refractivity contribution in [2.75, 3.05) is 0 Å². The van der Waals surface area contributed by atoms with E-state index in [4.69, 9.17) is 0 Å². The molecule has 1 heterocycles. The number of amidine groups is 1. The summed E-state index contributed by atoms with van der Waals surface area (Å²) in [6.45, 7) is 5.72. The Labute approximate surface area is 99.0 Å². The van der Waals surface area contributed by atoms with Crippen molar-refractivity contribution in [3.63, 3.8) is 0 Å². The van der Waals surface area contributed by atoms with Crippen molar-refractivity contribution in [3.8, 4) is 0 Å². The number of para-hydroxylation sites is 1. The summed E-state index contributed by atoms with van der Waals surface area (Å²) in [5.41, 5.74) is 2.27. The monoisotopic (exact) mass is 228 g/mol. The SMILES string of the molecule is C=C1N=NC(=O)NC1=Nc1ccccc1CC. The van der Waals surface area contributed by atoms with Gasteiger partial charge in [-0.05, 0) is 18.1 Å². The number of aryl methyl sites for hydroxylation is 1. The van der Waals surface area contributed by atoms with Gasteiger partial charge in [-0.1, -0.05) is 36.8 Å². The fraction of sp³-hybridized carbons (Fsp3) is 0.167. The molecule has 1 aliphatic heterocycles. The number of azo groups is 1. The predicted octanol–water partition coefficient (Wildman–Crippen LogP) is 2.97. The lowest BCUT2D eigenvalue weighted by Crippen LogP contribution is -2.31. The minimum atomic E-state index is -0.523. The van der Waals surface area contributed by atoms with Crippen molar-refractivity contribution in [1.82, 2.24) is 5.32 Å². The predicted molar refractivity (Wildman–Crippen MR) is 65.4 cm³/mol. The number of carbonyl (C=O) groups excluding carboxylic acids is 1. The van der Waals surface area contributed by atoms with Gasteiger partial charge in [-0.15, -0.1) is 5.11 Å². The van der Waals surface area contributed by atoms with Gasteiger partial charge in [0, 0.05) is 0 Å². The van der Waals surface area contributed by atoms with Crippen LogP contribution < -0.4 is 5.32 Å². The van der Waals surface area contributed by atoms with Gasteiger partial charge in [0.25, 0.3) is 0 Å². The molecule has 0 aliphatic carbocycles. The largest absolute Gasteiger partial charge is 0.365 e. The zero-order valence-electron chi connectivity index (χ0n) is 9.47. The van der Waals surface area contributed by atoms with Crippen molar-refractivity contribution in [3.05, 3.63) is 42.1 Å². The van der Waals surface area contributed by atoms with Gasteiger partial charge in [0.2, 0.25) is 0 Å². The van der Waals surface area contributed by atoms with Gasteiger partial charge in [0.1, 0.15) is 5.70 Å². The molecule has 2 rings (SSSR count). The molecule has 0 unspecified atom stereocenters. The summed E-state index contributed by atoms with van der Waals surface area (Å²) in [5, 5.41) is 9.49. The van der Waals surface area contributed by atoms with Crippen LogP contribution in [0.4, 0.5) is 10.5 Å². The van der Waals surface area contributed by atoms with Crippen LogP contribution in [-0.4, -0.2) is 11.9 Å². The molecule has 5 nitrogen and oxygen atoms in total. The minimum absolute atomic E-state index is 0.353. The Morgan fingerprint density at radius 3 is 2.88 bits per heavy atom. The summed E-state index contributed by atoms with van der Waals surface area (Å²) in [6.07, 6.45) is 0.870. The molecular formula is C12H12N4O. The maximum absolute atomic E-state index is 11.1. The lowest BCUT2D eigenvalue weighted by atomic mass is 10.1. The molecule has 0 saturated carbocycles. The quantitative estimate of drug-likeness (QED) is 0.830. The first kappa shape index (κ1) is 11.2. The number of carbonyl (C=O) groups is 1. The summed E-state index contributed by atoms with van der Waals surface area (Å²) in [6, 6.07) is 7.21. The summed E-state index contributed by atoms with van der Waals surface area (Å²) in [5.74, 6) is 0.353. The van der Waals surface area contributed by atoms with E-state index in [0.717, 1.165) is 17.7 Å². The van der Waals surface area contributed by atoms with Crippen LogP contribution in [0.15, 0.2) is 51.8 Å². The molecule has 2 amide bonds. The van der Waals surface area contributed by atoms with Crippen molar-refractivity contribution >= 4 is 17.6 Å². The second-order valence-corrected chi connectivity index (χ2v) is 3.52. The Kier molecular flexibility index (Phi) is 3.09. The zero-order chi connectivity index (χ0) is 12.3. The van der Waals surface area contributed by atoms with Gasteiger partial charge in [-0.3, -0.25) is 5.32 Å². The third-order valence-electron chi connectivity index (χ3n) is 2.36. The third-order valence-corrected chi connectivity index (χ3v) is 2.36. The van der Waals surface area contributed by atoms with Gasteiger partial charge in [0.05, 0.1) is 5.69 Å². The van der Waals surface area contributed by atoms with Gasteiger partial charge in [-0.25, -0.2) is 9.79 Å². The van der Waals surface area contributed by atoms with Crippen LogP contribution in [0.3, 0.4) is 0 Å². The molecule has 1 N–H and O–H groups in total. The smallest absolute Gasteiger partial charge is 0.287 e. The number of nitrogens with one attached hydrogen (secondary N) is 1. The highest BCUT2D eigenvalue weighted by atomic mass is 16.2. The molecule has 0 saturated heterocycles. The normalized spacial score (nSPS) is 17.4. The Morgan fingerprint density at radius 2 is 2.12 bits per heavy atom. The van der Waals surface area contributed by atoms with E-state index in [1.807, 2.05) is 31.2 Å². The maximum atomic E-state index is 11.1. The van der Waals surface area contributed by atoms with Crippen LogP contribution >= 0.6 is 0 Å². The standard InChI is InChI=1S/C12H12N4O/c1-3-9-6-4-5-7-10(9)13-11-8(2)15-16-12(17)14-11/h4-7H,2-3H2,1H3,(H,13,14,17). The molecule has 0 radical (unpaired) electrons. The molecule has 0 spiro atoms. The summed E-state index contributed by atoms with van der Waals surface area (Å²) in [4.78, 5) is 15.4. The van der Waals surface area contributed by atoms with Crippen LogP contribution in [-0.2, 0) is 6.42 Å². The number of amides is 2. The average Bonchev–Trinajstić information content (AvgIpc) is 2.34. The van der Waals surface area contributed by atoms with Crippen LogP contribution in [0.5, 0.6) is 0 Å². The van der Waals surface area contributed by atoms with E-state index in [1.165, 1.54) is 0 Å². The second kappa shape index (κ2) is 4.69. The molecule has 1 aliphatic rings. The van der Waals surface area contributed by atoms with Crippen LogP contribution in [0.1, 0.15) is 12.5 Å². The highest BCUT2D eigenvalue weighted by Crippen LogP contribution is 2.20. The van der Waals surface area contributed by atoms with Gasteiger partial charge in [0.15, 0.2) is 5.84 Å². The number of hydrogen-bond acceptors (Lipinski definition) is 3. The summed E-state index contributed by atoms with van der Waals surface area (Å²) < 4.78 is 0. The Balaban J connectivity index is 2.39. The number of benzene rings is 1. The molecule has 86 valence electrons. The van der Waals surface area contributed by atoms with E-state index in [1.54, 1.807) is 0 Å². The van der Waals surface area contributed by atoms with Crippen molar-refractivity contribution in [1.29, 1.82) is 0 Å². The fourth-order valence-corrected chi connectivity index (χ4v) is 1.48. The average molecular weight is 228 g/mol. The third kappa shape index (κ3) is 2.44. The number of aliphatic imine (C=N–C) groups is 1. The number of urea groups is 1. The Bertz CT molecular complexity index is 531. The van der Waals surface area contributed by atoms with Gasteiger partial charge >= 0.3 is 6.03 Å². The first-order valence-corrected chi connectivity index (χ1v) is 5.29. The molecule has 0 fully saturated rings. The van der Waals surface area contributed by atoms with E-state index in [9.17, 15) is 4.79 Å². The lowest BCUT2D eigenvalue weighted by Gasteiger charge is -2.10. The second-order valence-electron chi connectivity index (χ2n) is 3.52. The van der Waals surface area contributed by atoms with Crippen molar-refractivity contribution in [2.45, 2.75) is 13.3 Å². The molecule has 5 heteroatoms. The van der Waals surface area contributed by atoms with Gasteiger partial charge in [-0.2, -0.15) is 0 Å². The van der Waals surface area contributed by atoms with E-state index >= 15 is 0 Å². The minimum Gasteiger partial charge on any atom is -0.287 e. The highest BCUT2D eigenvalue weighted by molar-refractivity contribution is 6.09. The topological polar surface area (TPSA) is 66.2 Å². The first-order valence-electron chi connectivity index (χ1n) is 5.29. The fourth-order valence-electron chi connectivity index (χ4n) is 1.48. The van der Waals surface area contributed by atoms with Crippen LogP contribution in [0, 0.1) is 0 Å². The molecule has 0 bridgehead atoms. The van der Waals surface area contributed by atoms with E-state index < -0.39 is 6.03 Å². The molecule has 1 aromatic carbocycles. The molecule has 1 aromatic rings. The van der Waals surface area contributed by atoms with Crippen LogP contribution in [0.2, 0.25) is 0 Å². The molecule has 17 heavy (non-hydrogen) atoms. The Morgan fingerprint density at radius 1 is 1.35 bits per heavy atom.